The maximum Gasteiger partial charge on any atom is 0.150 e. The number of hydrogen-bond acceptors (Lipinski definition) is 5. The highest BCUT2D eigenvalue weighted by atomic mass is 16.5. The van der Waals surface area contributed by atoms with E-state index in [1.54, 1.807) is 7.11 Å². The van der Waals surface area contributed by atoms with Crippen molar-refractivity contribution in [2.75, 3.05) is 37.9 Å². The van der Waals surface area contributed by atoms with E-state index in [-0.39, 0.29) is 0 Å². The smallest absolute Gasteiger partial charge is 0.150 e. The molecule has 0 spiro atoms. The number of methoxy groups -OCH3 is 1. The zero-order valence-corrected chi connectivity index (χ0v) is 11.0. The lowest BCUT2D eigenvalue weighted by molar-refractivity contribution is 0.0693. The van der Waals surface area contributed by atoms with E-state index in [2.05, 4.69) is 5.10 Å². The first kappa shape index (κ1) is 13.8. The molecule has 0 radical (unpaired) electrons. The number of aryl methyl sites for hydroxylation is 2. The van der Waals surface area contributed by atoms with Gasteiger partial charge in [-0.2, -0.15) is 5.10 Å². The number of likely N-dealkylation sites (N-methyl/N-ethyl adjacent to an activating group) is 1. The summed E-state index contributed by atoms with van der Waals surface area (Å²) in [5.74, 6) is 0.847. The van der Waals surface area contributed by atoms with E-state index in [0.29, 0.717) is 18.8 Å². The van der Waals surface area contributed by atoms with Gasteiger partial charge < -0.3 is 20.5 Å². The van der Waals surface area contributed by atoms with Crippen molar-refractivity contribution in [2.24, 2.45) is 0 Å². The van der Waals surface area contributed by atoms with Crippen LogP contribution in [0.15, 0.2) is 0 Å². The van der Waals surface area contributed by atoms with Crippen molar-refractivity contribution < 1.29 is 9.84 Å². The zero-order valence-electron chi connectivity index (χ0n) is 11.0. The monoisotopic (exact) mass is 242 g/mol. The largest absolute Gasteiger partial charge is 0.394 e. The van der Waals surface area contributed by atoms with Crippen molar-refractivity contribution >= 4 is 11.5 Å². The van der Waals surface area contributed by atoms with Gasteiger partial charge in [-0.3, -0.25) is 0 Å². The molecule has 0 aliphatic carbocycles. The van der Waals surface area contributed by atoms with Gasteiger partial charge in [-0.15, -0.1) is 0 Å². The second-order valence-corrected chi connectivity index (χ2v) is 4.13. The minimum atomic E-state index is -0.537. The van der Waals surface area contributed by atoms with E-state index in [9.17, 15) is 5.11 Å². The van der Waals surface area contributed by atoms with Crippen LogP contribution in [-0.4, -0.2) is 48.3 Å². The Balaban J connectivity index is 2.84. The molecule has 0 saturated carbocycles. The second-order valence-electron chi connectivity index (χ2n) is 4.13. The molecule has 6 heteroatoms. The number of nitrogens with two attached hydrogens (primary N) is 1. The Bertz CT molecular complexity index is 365. The number of nitrogen functional groups attached to an aromatic ring is 1. The van der Waals surface area contributed by atoms with Crippen LogP contribution in [0.5, 0.6) is 0 Å². The van der Waals surface area contributed by atoms with Gasteiger partial charge in [0.2, 0.25) is 0 Å². The number of nitrogens with zero attached hydrogens (tertiary/aromatic N) is 3. The topological polar surface area (TPSA) is 76.5 Å². The molecule has 0 amide bonds. The quantitative estimate of drug-likeness (QED) is 0.747. The summed E-state index contributed by atoms with van der Waals surface area (Å²) in [6.45, 7) is 5.41. The first-order chi connectivity index (χ1) is 8.01. The van der Waals surface area contributed by atoms with Crippen molar-refractivity contribution in [1.29, 1.82) is 0 Å². The number of rotatable bonds is 6. The standard InChI is InChI=1S/C11H22N4O2/c1-5-15-11(10(12)8(2)13-15)14(3)6-9(16)7-17-4/h9,16H,5-7,12H2,1-4H3. The van der Waals surface area contributed by atoms with E-state index < -0.39 is 6.10 Å². The van der Waals surface area contributed by atoms with Crippen LogP contribution in [0.2, 0.25) is 0 Å². The van der Waals surface area contributed by atoms with E-state index in [4.69, 9.17) is 10.5 Å². The molecular weight excluding hydrogens is 220 g/mol. The molecule has 0 fully saturated rings. The van der Waals surface area contributed by atoms with Crippen LogP contribution >= 0.6 is 0 Å². The number of ether oxygens (including phenoxy) is 1. The molecule has 1 aromatic heterocycles. The maximum atomic E-state index is 9.71. The molecule has 1 unspecified atom stereocenters. The lowest BCUT2D eigenvalue weighted by Gasteiger charge is -2.23. The minimum absolute atomic E-state index is 0.309. The lowest BCUT2D eigenvalue weighted by Crippen LogP contribution is -2.33. The van der Waals surface area contributed by atoms with Crippen molar-refractivity contribution in [3.63, 3.8) is 0 Å². The molecule has 0 saturated heterocycles. The van der Waals surface area contributed by atoms with Crippen LogP contribution in [0.4, 0.5) is 11.5 Å². The second kappa shape index (κ2) is 5.88. The third-order valence-corrected chi connectivity index (χ3v) is 2.65. The van der Waals surface area contributed by atoms with Crippen LogP contribution in [0, 0.1) is 6.92 Å². The van der Waals surface area contributed by atoms with Crippen molar-refractivity contribution in [2.45, 2.75) is 26.5 Å². The van der Waals surface area contributed by atoms with Gasteiger partial charge in [-0.25, -0.2) is 4.68 Å². The van der Waals surface area contributed by atoms with Gasteiger partial charge in [0.15, 0.2) is 0 Å². The van der Waals surface area contributed by atoms with Crippen molar-refractivity contribution in [3.05, 3.63) is 5.69 Å². The van der Waals surface area contributed by atoms with Crippen molar-refractivity contribution in [3.8, 4) is 0 Å². The van der Waals surface area contributed by atoms with E-state index in [1.165, 1.54) is 0 Å². The third kappa shape index (κ3) is 3.10. The molecule has 17 heavy (non-hydrogen) atoms. The zero-order chi connectivity index (χ0) is 13.0. The fraction of sp³-hybridized carbons (Fsp3) is 0.727. The SMILES string of the molecule is CCn1nc(C)c(N)c1N(C)CC(O)COC. The summed E-state index contributed by atoms with van der Waals surface area (Å²) in [5, 5.41) is 14.0. The van der Waals surface area contributed by atoms with Crippen LogP contribution < -0.4 is 10.6 Å². The van der Waals surface area contributed by atoms with Crippen LogP contribution in [0.1, 0.15) is 12.6 Å². The Hall–Kier alpha value is -1.27. The summed E-state index contributed by atoms with van der Waals surface area (Å²) in [5.41, 5.74) is 7.47. The Kier molecular flexibility index (Phi) is 4.77. The average Bonchev–Trinajstić information content (AvgIpc) is 2.55. The fourth-order valence-corrected chi connectivity index (χ4v) is 1.85. The van der Waals surface area contributed by atoms with Crippen molar-refractivity contribution in [1.82, 2.24) is 9.78 Å². The molecule has 0 aromatic carbocycles. The molecule has 6 nitrogen and oxygen atoms in total. The summed E-state index contributed by atoms with van der Waals surface area (Å²) in [4.78, 5) is 1.91. The molecule has 1 rings (SSSR count). The molecule has 1 atom stereocenters. The van der Waals surface area contributed by atoms with Crippen LogP contribution in [0.3, 0.4) is 0 Å². The predicted octanol–water partition coefficient (Wildman–Crippen LogP) is 0.237. The summed E-state index contributed by atoms with van der Waals surface area (Å²) >= 11 is 0. The molecule has 98 valence electrons. The first-order valence-corrected chi connectivity index (χ1v) is 5.72. The Labute approximate surface area is 102 Å². The van der Waals surface area contributed by atoms with E-state index in [0.717, 1.165) is 18.1 Å². The van der Waals surface area contributed by atoms with Crippen LogP contribution in [-0.2, 0) is 11.3 Å². The highest BCUT2D eigenvalue weighted by Gasteiger charge is 2.17. The fourth-order valence-electron chi connectivity index (χ4n) is 1.85. The molecule has 1 heterocycles. The number of anilines is 2. The minimum Gasteiger partial charge on any atom is -0.394 e. The van der Waals surface area contributed by atoms with Crippen LogP contribution in [0.25, 0.3) is 0 Å². The maximum absolute atomic E-state index is 9.71. The summed E-state index contributed by atoms with van der Waals surface area (Å²) in [6, 6.07) is 0. The third-order valence-electron chi connectivity index (χ3n) is 2.65. The van der Waals surface area contributed by atoms with Gasteiger partial charge in [0.25, 0.3) is 0 Å². The lowest BCUT2D eigenvalue weighted by atomic mass is 10.3. The number of hydrogen-bond donors (Lipinski definition) is 2. The molecule has 3 N–H and O–H groups in total. The van der Waals surface area contributed by atoms with Gasteiger partial charge in [0.1, 0.15) is 5.82 Å². The Morgan fingerprint density at radius 2 is 2.24 bits per heavy atom. The number of aromatic nitrogens is 2. The summed E-state index contributed by atoms with van der Waals surface area (Å²) in [6.07, 6.45) is -0.537. The van der Waals surface area contributed by atoms with Gasteiger partial charge in [0.05, 0.1) is 24.1 Å². The summed E-state index contributed by atoms with van der Waals surface area (Å²) in [7, 11) is 3.45. The molecule has 0 bridgehead atoms. The summed E-state index contributed by atoms with van der Waals surface area (Å²) < 4.78 is 6.74. The van der Waals surface area contributed by atoms with Gasteiger partial charge in [-0.05, 0) is 13.8 Å². The molecule has 0 aliphatic heterocycles. The highest BCUT2D eigenvalue weighted by Crippen LogP contribution is 2.25. The average molecular weight is 242 g/mol. The normalized spacial score (nSPS) is 12.8. The Morgan fingerprint density at radius 1 is 1.59 bits per heavy atom. The number of aliphatic hydroxyl groups is 1. The molecule has 1 aromatic rings. The Morgan fingerprint density at radius 3 is 2.76 bits per heavy atom. The predicted molar refractivity (Wildman–Crippen MR) is 68.2 cm³/mol. The van der Waals surface area contributed by atoms with E-state index in [1.807, 2.05) is 30.5 Å². The van der Waals surface area contributed by atoms with Gasteiger partial charge >= 0.3 is 0 Å². The first-order valence-electron chi connectivity index (χ1n) is 5.72. The van der Waals surface area contributed by atoms with E-state index >= 15 is 0 Å². The number of aliphatic hydroxyl groups excluding tert-OH is 1. The van der Waals surface area contributed by atoms with Gasteiger partial charge in [0, 0.05) is 27.2 Å². The highest BCUT2D eigenvalue weighted by molar-refractivity contribution is 5.65. The molecule has 0 aliphatic rings. The van der Waals surface area contributed by atoms with Gasteiger partial charge in [-0.1, -0.05) is 0 Å². The molecular formula is C11H22N4O2.